The van der Waals surface area contributed by atoms with Crippen LogP contribution in [0, 0.1) is 5.82 Å². The van der Waals surface area contributed by atoms with E-state index >= 15 is 0 Å². The van der Waals surface area contributed by atoms with Crippen LogP contribution in [0.2, 0.25) is 0 Å². The zero-order chi connectivity index (χ0) is 11.4. The van der Waals surface area contributed by atoms with Crippen molar-refractivity contribution in [3.63, 3.8) is 0 Å². The molecule has 1 aromatic carbocycles. The molecule has 0 radical (unpaired) electrons. The summed E-state index contributed by atoms with van der Waals surface area (Å²) in [4.78, 5) is 2.20. The maximum Gasteiger partial charge on any atom is 0.125 e. The van der Waals surface area contributed by atoms with E-state index < -0.39 is 0 Å². The number of nitrogens with one attached hydrogen (secondary N) is 1. The quantitative estimate of drug-likeness (QED) is 0.826. The average Bonchev–Trinajstić information content (AvgIpc) is 2.56. The molecular weight excluding hydrogens is 203 g/mol. The van der Waals surface area contributed by atoms with Gasteiger partial charge in [0.15, 0.2) is 0 Å². The molecule has 1 N–H and O–H groups in total. The van der Waals surface area contributed by atoms with Crippen molar-refractivity contribution in [1.29, 1.82) is 0 Å². The van der Waals surface area contributed by atoms with Crippen molar-refractivity contribution < 1.29 is 4.39 Å². The number of halogens is 1. The number of benzene rings is 1. The van der Waals surface area contributed by atoms with Gasteiger partial charge in [-0.15, -0.1) is 0 Å². The molecule has 0 aromatic heterocycles. The highest BCUT2D eigenvalue weighted by atomic mass is 19.1. The zero-order valence-electron chi connectivity index (χ0n) is 9.75. The molecule has 1 aromatic rings. The van der Waals surface area contributed by atoms with Crippen LogP contribution in [-0.4, -0.2) is 26.2 Å². The summed E-state index contributed by atoms with van der Waals surface area (Å²) in [6, 6.07) is 7.37. The minimum absolute atomic E-state index is 0.156. The zero-order valence-corrected chi connectivity index (χ0v) is 9.75. The summed E-state index contributed by atoms with van der Waals surface area (Å²) in [7, 11) is 2.06. The van der Waals surface area contributed by atoms with E-state index in [1.54, 1.807) is 12.1 Å². The molecule has 1 atom stereocenters. The number of rotatable bonds is 2. The summed E-state index contributed by atoms with van der Waals surface area (Å²) in [5, 5.41) is 3.39. The molecule has 0 saturated carbocycles. The Kier molecular flexibility index (Phi) is 3.78. The summed E-state index contributed by atoms with van der Waals surface area (Å²) >= 11 is 0. The van der Waals surface area contributed by atoms with Gasteiger partial charge < -0.3 is 10.2 Å². The summed E-state index contributed by atoms with van der Waals surface area (Å²) in [5.74, 6) is -0.156. The fraction of sp³-hybridized carbons (Fsp3) is 0.538. The molecule has 1 unspecified atom stereocenters. The van der Waals surface area contributed by atoms with Crippen LogP contribution in [0.5, 0.6) is 0 Å². The Morgan fingerprint density at radius 1 is 1.31 bits per heavy atom. The number of anilines is 1. The maximum atomic E-state index is 13.1. The van der Waals surface area contributed by atoms with Gasteiger partial charge in [-0.3, -0.25) is 0 Å². The van der Waals surface area contributed by atoms with Crippen LogP contribution in [0.25, 0.3) is 0 Å². The Balaban J connectivity index is 2.07. The van der Waals surface area contributed by atoms with Crippen LogP contribution < -0.4 is 10.2 Å². The number of nitrogens with zero attached hydrogens (tertiary/aromatic N) is 1. The van der Waals surface area contributed by atoms with Gasteiger partial charge in [0.1, 0.15) is 5.82 Å². The minimum atomic E-state index is -0.156. The van der Waals surface area contributed by atoms with Crippen molar-refractivity contribution in [2.45, 2.75) is 25.3 Å². The molecule has 0 aliphatic carbocycles. The highest BCUT2D eigenvalue weighted by Gasteiger charge is 2.17. The first-order valence-electron chi connectivity index (χ1n) is 5.96. The van der Waals surface area contributed by atoms with Crippen molar-refractivity contribution in [3.05, 3.63) is 30.1 Å². The molecular formula is C13H19FN2. The standard InChI is InChI=1S/C13H19FN2/c1-16(12-6-3-8-15-9-7-12)13-5-2-4-11(14)10-13/h2,4-5,10,12,15H,3,6-9H2,1H3. The predicted octanol–water partition coefficient (Wildman–Crippen LogP) is 2.40. The minimum Gasteiger partial charge on any atom is -0.371 e. The third-order valence-electron chi connectivity index (χ3n) is 3.31. The smallest absolute Gasteiger partial charge is 0.125 e. The molecule has 1 heterocycles. The van der Waals surface area contributed by atoms with Crippen molar-refractivity contribution in [2.75, 3.05) is 25.0 Å². The molecule has 1 fully saturated rings. The van der Waals surface area contributed by atoms with Crippen LogP contribution in [0.4, 0.5) is 10.1 Å². The molecule has 2 nitrogen and oxygen atoms in total. The van der Waals surface area contributed by atoms with E-state index in [1.165, 1.54) is 18.9 Å². The van der Waals surface area contributed by atoms with Crippen LogP contribution in [-0.2, 0) is 0 Å². The fourth-order valence-corrected chi connectivity index (χ4v) is 2.29. The molecule has 3 heteroatoms. The normalized spacial score (nSPS) is 21.5. The number of hydrogen-bond donors (Lipinski definition) is 1. The molecule has 1 aliphatic rings. The van der Waals surface area contributed by atoms with Crippen molar-refractivity contribution in [2.24, 2.45) is 0 Å². The van der Waals surface area contributed by atoms with E-state index in [2.05, 4.69) is 17.3 Å². The number of hydrogen-bond acceptors (Lipinski definition) is 2. The van der Waals surface area contributed by atoms with E-state index in [9.17, 15) is 4.39 Å². The largest absolute Gasteiger partial charge is 0.371 e. The predicted molar refractivity (Wildman–Crippen MR) is 65.3 cm³/mol. The molecule has 0 amide bonds. The van der Waals surface area contributed by atoms with E-state index in [1.807, 2.05) is 6.07 Å². The molecule has 2 rings (SSSR count). The fourth-order valence-electron chi connectivity index (χ4n) is 2.29. The van der Waals surface area contributed by atoms with Gasteiger partial charge in [0.25, 0.3) is 0 Å². The Labute approximate surface area is 96.5 Å². The van der Waals surface area contributed by atoms with Crippen molar-refractivity contribution >= 4 is 5.69 Å². The Morgan fingerprint density at radius 3 is 3.00 bits per heavy atom. The second kappa shape index (κ2) is 5.30. The third kappa shape index (κ3) is 2.73. The second-order valence-electron chi connectivity index (χ2n) is 4.43. The van der Waals surface area contributed by atoms with Crippen LogP contribution in [0.3, 0.4) is 0 Å². The Hall–Kier alpha value is -1.09. The molecule has 0 spiro atoms. The first-order chi connectivity index (χ1) is 7.77. The Morgan fingerprint density at radius 2 is 2.19 bits per heavy atom. The van der Waals surface area contributed by atoms with Gasteiger partial charge in [-0.05, 0) is 50.6 Å². The lowest BCUT2D eigenvalue weighted by Crippen LogP contribution is -2.32. The van der Waals surface area contributed by atoms with Gasteiger partial charge in [0, 0.05) is 18.8 Å². The first-order valence-corrected chi connectivity index (χ1v) is 5.96. The van der Waals surface area contributed by atoms with Gasteiger partial charge in [-0.1, -0.05) is 6.07 Å². The molecule has 16 heavy (non-hydrogen) atoms. The lowest BCUT2D eigenvalue weighted by Gasteiger charge is -2.29. The second-order valence-corrected chi connectivity index (χ2v) is 4.43. The molecule has 88 valence electrons. The lowest BCUT2D eigenvalue weighted by molar-refractivity contribution is 0.564. The summed E-state index contributed by atoms with van der Waals surface area (Å²) < 4.78 is 13.1. The summed E-state index contributed by atoms with van der Waals surface area (Å²) in [5.41, 5.74) is 0.979. The van der Waals surface area contributed by atoms with E-state index in [0.29, 0.717) is 6.04 Å². The van der Waals surface area contributed by atoms with E-state index in [-0.39, 0.29) is 5.82 Å². The topological polar surface area (TPSA) is 15.3 Å². The van der Waals surface area contributed by atoms with Crippen LogP contribution >= 0.6 is 0 Å². The molecule has 1 saturated heterocycles. The van der Waals surface area contributed by atoms with Gasteiger partial charge in [-0.25, -0.2) is 4.39 Å². The maximum absolute atomic E-state index is 13.1. The van der Waals surface area contributed by atoms with Gasteiger partial charge in [0.05, 0.1) is 0 Å². The van der Waals surface area contributed by atoms with E-state index in [0.717, 1.165) is 25.2 Å². The summed E-state index contributed by atoms with van der Waals surface area (Å²) in [6.07, 6.45) is 3.51. The van der Waals surface area contributed by atoms with Crippen molar-refractivity contribution in [3.8, 4) is 0 Å². The molecule has 1 aliphatic heterocycles. The SMILES string of the molecule is CN(c1cccc(F)c1)C1CCCNCC1. The lowest BCUT2D eigenvalue weighted by atomic mass is 10.1. The average molecular weight is 222 g/mol. The van der Waals surface area contributed by atoms with E-state index in [4.69, 9.17) is 0 Å². The molecule has 0 bridgehead atoms. The van der Waals surface area contributed by atoms with Crippen molar-refractivity contribution in [1.82, 2.24) is 5.32 Å². The van der Waals surface area contributed by atoms with Crippen LogP contribution in [0.1, 0.15) is 19.3 Å². The van der Waals surface area contributed by atoms with Gasteiger partial charge in [0.2, 0.25) is 0 Å². The highest BCUT2D eigenvalue weighted by Crippen LogP contribution is 2.21. The van der Waals surface area contributed by atoms with Gasteiger partial charge >= 0.3 is 0 Å². The monoisotopic (exact) mass is 222 g/mol. The van der Waals surface area contributed by atoms with Gasteiger partial charge in [-0.2, -0.15) is 0 Å². The third-order valence-corrected chi connectivity index (χ3v) is 3.31. The van der Waals surface area contributed by atoms with Crippen LogP contribution in [0.15, 0.2) is 24.3 Å². The Bertz CT molecular complexity index is 332. The highest BCUT2D eigenvalue weighted by molar-refractivity contribution is 5.46. The summed E-state index contributed by atoms with van der Waals surface area (Å²) in [6.45, 7) is 2.16. The first kappa shape index (κ1) is 11.4.